The van der Waals surface area contributed by atoms with Crippen molar-refractivity contribution in [2.45, 2.75) is 33.1 Å². The zero-order valence-electron chi connectivity index (χ0n) is 16.2. The molecular formula is C20H31N5O. The zero-order valence-corrected chi connectivity index (χ0v) is 16.2. The van der Waals surface area contributed by atoms with Gasteiger partial charge >= 0.3 is 0 Å². The minimum Gasteiger partial charge on any atom is -0.379 e. The molecule has 26 heavy (non-hydrogen) atoms. The molecule has 0 aromatic carbocycles. The van der Waals surface area contributed by atoms with Crippen LogP contribution in [0.2, 0.25) is 0 Å². The van der Waals surface area contributed by atoms with Crippen molar-refractivity contribution >= 4 is 11.6 Å². The van der Waals surface area contributed by atoms with Crippen LogP contribution in [0.5, 0.6) is 0 Å². The van der Waals surface area contributed by atoms with Gasteiger partial charge in [-0.15, -0.1) is 0 Å². The summed E-state index contributed by atoms with van der Waals surface area (Å²) in [6.45, 7) is 8.29. The standard InChI is InChI=1S/C20H31N5O/c1-4-21-20(24(3)12-13-26-15-17-7-8-17)22-10-9-18-14-25-11-5-6-16(2)19(25)23-18/h5-6,11,14,17H,4,7-10,12-13,15H2,1-3H3,(H,21,22). The second-order valence-corrected chi connectivity index (χ2v) is 7.08. The van der Waals surface area contributed by atoms with Crippen molar-refractivity contribution in [1.82, 2.24) is 19.6 Å². The van der Waals surface area contributed by atoms with E-state index in [4.69, 9.17) is 14.7 Å². The number of imidazole rings is 1. The number of aryl methyl sites for hydroxylation is 1. The molecule has 1 N–H and O–H groups in total. The molecule has 0 atom stereocenters. The molecule has 1 fully saturated rings. The Kier molecular flexibility index (Phi) is 6.50. The molecule has 0 spiro atoms. The molecule has 2 aromatic heterocycles. The highest BCUT2D eigenvalue weighted by atomic mass is 16.5. The van der Waals surface area contributed by atoms with Crippen molar-refractivity contribution in [2.75, 3.05) is 39.9 Å². The first-order valence-electron chi connectivity index (χ1n) is 9.67. The Bertz CT molecular complexity index is 735. The summed E-state index contributed by atoms with van der Waals surface area (Å²) in [5.41, 5.74) is 3.30. The maximum atomic E-state index is 5.74. The molecule has 2 heterocycles. The van der Waals surface area contributed by atoms with Gasteiger partial charge in [0, 0.05) is 52.1 Å². The van der Waals surface area contributed by atoms with Crippen molar-refractivity contribution in [3.8, 4) is 0 Å². The van der Waals surface area contributed by atoms with E-state index in [1.54, 1.807) is 0 Å². The number of aliphatic imine (C=N–C) groups is 1. The molecule has 0 saturated heterocycles. The lowest BCUT2D eigenvalue weighted by atomic mass is 10.3. The molecule has 1 aliphatic carbocycles. The number of fused-ring (bicyclic) bond motifs is 1. The van der Waals surface area contributed by atoms with Crippen LogP contribution in [0.25, 0.3) is 5.65 Å². The van der Waals surface area contributed by atoms with E-state index in [2.05, 4.69) is 53.8 Å². The summed E-state index contributed by atoms with van der Waals surface area (Å²) in [5.74, 6) is 1.75. The number of guanidine groups is 1. The van der Waals surface area contributed by atoms with Crippen LogP contribution in [0, 0.1) is 12.8 Å². The van der Waals surface area contributed by atoms with Gasteiger partial charge in [-0.25, -0.2) is 4.98 Å². The number of nitrogens with zero attached hydrogens (tertiary/aromatic N) is 4. The highest BCUT2D eigenvalue weighted by molar-refractivity contribution is 5.79. The van der Waals surface area contributed by atoms with Crippen molar-refractivity contribution in [3.05, 3.63) is 35.8 Å². The molecular weight excluding hydrogens is 326 g/mol. The Balaban J connectivity index is 1.50. The van der Waals surface area contributed by atoms with E-state index < -0.39 is 0 Å². The van der Waals surface area contributed by atoms with Crippen LogP contribution in [0.3, 0.4) is 0 Å². The highest BCUT2D eigenvalue weighted by Crippen LogP contribution is 2.28. The number of ether oxygens (including phenoxy) is 1. The van der Waals surface area contributed by atoms with E-state index >= 15 is 0 Å². The monoisotopic (exact) mass is 357 g/mol. The van der Waals surface area contributed by atoms with Crippen molar-refractivity contribution in [1.29, 1.82) is 0 Å². The minimum absolute atomic E-state index is 0.721. The zero-order chi connectivity index (χ0) is 18.4. The number of rotatable bonds is 9. The molecule has 0 bridgehead atoms. The van der Waals surface area contributed by atoms with Crippen LogP contribution >= 0.6 is 0 Å². The Labute approximate surface area is 156 Å². The predicted molar refractivity (Wildman–Crippen MR) is 106 cm³/mol. The number of hydrogen-bond donors (Lipinski definition) is 1. The van der Waals surface area contributed by atoms with Gasteiger partial charge in [0.05, 0.1) is 12.3 Å². The normalized spacial score (nSPS) is 14.8. The molecule has 142 valence electrons. The van der Waals surface area contributed by atoms with E-state index in [-0.39, 0.29) is 0 Å². The molecule has 0 aliphatic heterocycles. The van der Waals surface area contributed by atoms with Gasteiger partial charge in [-0.1, -0.05) is 6.07 Å². The third-order valence-corrected chi connectivity index (χ3v) is 4.68. The van der Waals surface area contributed by atoms with Crippen LogP contribution < -0.4 is 5.32 Å². The Morgan fingerprint density at radius 3 is 3.04 bits per heavy atom. The number of aromatic nitrogens is 2. The highest BCUT2D eigenvalue weighted by Gasteiger charge is 2.21. The van der Waals surface area contributed by atoms with Gasteiger partial charge in [0.25, 0.3) is 0 Å². The van der Waals surface area contributed by atoms with Gasteiger partial charge in [-0.3, -0.25) is 4.99 Å². The molecule has 6 heteroatoms. The van der Waals surface area contributed by atoms with E-state index in [0.29, 0.717) is 0 Å². The van der Waals surface area contributed by atoms with Crippen LogP contribution in [0.15, 0.2) is 29.5 Å². The maximum Gasteiger partial charge on any atom is 0.193 e. The second kappa shape index (κ2) is 9.03. The molecule has 0 amide bonds. The van der Waals surface area contributed by atoms with E-state index in [1.807, 2.05) is 6.20 Å². The number of likely N-dealkylation sites (N-methyl/N-ethyl adjacent to an activating group) is 1. The summed E-state index contributed by atoms with van der Waals surface area (Å²) in [6, 6.07) is 4.14. The molecule has 6 nitrogen and oxygen atoms in total. The first kappa shape index (κ1) is 18.7. The number of hydrogen-bond acceptors (Lipinski definition) is 3. The third-order valence-electron chi connectivity index (χ3n) is 4.68. The summed E-state index contributed by atoms with van der Waals surface area (Å²) < 4.78 is 7.82. The first-order chi connectivity index (χ1) is 12.7. The van der Waals surface area contributed by atoms with Crippen LogP contribution in [0.1, 0.15) is 31.0 Å². The Morgan fingerprint density at radius 1 is 1.46 bits per heavy atom. The molecule has 1 saturated carbocycles. The summed E-state index contributed by atoms with van der Waals surface area (Å²) in [4.78, 5) is 11.6. The molecule has 1 aliphatic rings. The summed E-state index contributed by atoms with van der Waals surface area (Å²) in [6.07, 6.45) is 7.65. The van der Waals surface area contributed by atoms with Gasteiger partial charge in [-0.05, 0) is 44.2 Å². The van der Waals surface area contributed by atoms with Crippen LogP contribution in [-0.4, -0.2) is 60.1 Å². The van der Waals surface area contributed by atoms with Crippen molar-refractivity contribution < 1.29 is 4.74 Å². The fraction of sp³-hybridized carbons (Fsp3) is 0.600. The van der Waals surface area contributed by atoms with Crippen molar-refractivity contribution in [2.24, 2.45) is 10.9 Å². The molecule has 0 radical (unpaired) electrons. The van der Waals surface area contributed by atoms with E-state index in [9.17, 15) is 0 Å². The van der Waals surface area contributed by atoms with E-state index in [1.165, 1.54) is 18.4 Å². The minimum atomic E-state index is 0.721. The average Bonchev–Trinajstić information content (AvgIpc) is 3.36. The van der Waals surface area contributed by atoms with Gasteiger partial charge in [0.2, 0.25) is 0 Å². The van der Waals surface area contributed by atoms with Crippen LogP contribution in [0.4, 0.5) is 0 Å². The lowest BCUT2D eigenvalue weighted by Gasteiger charge is -2.22. The molecule has 0 unspecified atom stereocenters. The Hall–Kier alpha value is -2.08. The van der Waals surface area contributed by atoms with Gasteiger partial charge in [0.15, 0.2) is 5.96 Å². The maximum absolute atomic E-state index is 5.74. The summed E-state index contributed by atoms with van der Waals surface area (Å²) in [5, 5.41) is 3.36. The fourth-order valence-corrected chi connectivity index (χ4v) is 2.91. The third kappa shape index (κ3) is 5.21. The second-order valence-electron chi connectivity index (χ2n) is 7.08. The lowest BCUT2D eigenvalue weighted by Crippen LogP contribution is -2.40. The fourth-order valence-electron chi connectivity index (χ4n) is 2.91. The smallest absolute Gasteiger partial charge is 0.193 e. The van der Waals surface area contributed by atoms with E-state index in [0.717, 1.165) is 62.5 Å². The SMILES string of the molecule is CCNC(=NCCc1cn2cccc(C)c2n1)N(C)CCOCC1CC1. The largest absolute Gasteiger partial charge is 0.379 e. The number of pyridine rings is 1. The summed E-state index contributed by atoms with van der Waals surface area (Å²) >= 11 is 0. The van der Waals surface area contributed by atoms with Gasteiger partial charge in [0.1, 0.15) is 5.65 Å². The topological polar surface area (TPSA) is 54.2 Å². The Morgan fingerprint density at radius 2 is 2.31 bits per heavy atom. The van der Waals surface area contributed by atoms with Crippen molar-refractivity contribution in [3.63, 3.8) is 0 Å². The number of nitrogens with one attached hydrogen (secondary N) is 1. The van der Waals surface area contributed by atoms with Gasteiger partial charge < -0.3 is 19.4 Å². The van der Waals surface area contributed by atoms with Gasteiger partial charge in [-0.2, -0.15) is 0 Å². The molecule has 2 aromatic rings. The quantitative estimate of drug-likeness (QED) is 0.426. The molecule has 3 rings (SSSR count). The predicted octanol–water partition coefficient (Wildman–Crippen LogP) is 2.51. The average molecular weight is 358 g/mol. The summed E-state index contributed by atoms with van der Waals surface area (Å²) in [7, 11) is 2.07. The van der Waals surface area contributed by atoms with Crippen LogP contribution in [-0.2, 0) is 11.2 Å². The first-order valence-corrected chi connectivity index (χ1v) is 9.67. The lowest BCUT2D eigenvalue weighted by molar-refractivity contribution is 0.115.